The van der Waals surface area contributed by atoms with E-state index >= 15 is 0 Å². The molecule has 0 aliphatic heterocycles. The predicted molar refractivity (Wildman–Crippen MR) is 174 cm³/mol. The molecule has 5 rings (SSSR count). The molecule has 0 aliphatic carbocycles. The van der Waals surface area contributed by atoms with Crippen molar-refractivity contribution in [1.29, 1.82) is 0 Å². The van der Waals surface area contributed by atoms with E-state index in [1.807, 2.05) is 98.8 Å². The number of hydrogen-bond donors (Lipinski definition) is 1. The van der Waals surface area contributed by atoms with Gasteiger partial charge in [-0.1, -0.05) is 0 Å². The molecule has 7 heteroatoms. The minimum absolute atomic E-state index is 0.0863. The monoisotopic (exact) mass is 707 g/mol. The van der Waals surface area contributed by atoms with Gasteiger partial charge < -0.3 is 0 Å². The van der Waals surface area contributed by atoms with Gasteiger partial charge in [0.25, 0.3) is 0 Å². The maximum atomic E-state index is 14.0. The Labute approximate surface area is 262 Å². The molecule has 5 aromatic rings. The molecular weight excluding hydrogens is 677 g/mol. The molecule has 0 bridgehead atoms. The number of benzene rings is 5. The van der Waals surface area contributed by atoms with Crippen molar-refractivity contribution in [3.05, 3.63) is 154 Å². The first kappa shape index (κ1) is 29.8. The van der Waals surface area contributed by atoms with E-state index in [1.165, 1.54) is 4.46 Å². The van der Waals surface area contributed by atoms with Crippen molar-refractivity contribution in [1.82, 2.24) is 4.72 Å². The van der Waals surface area contributed by atoms with Gasteiger partial charge in [0.15, 0.2) is 0 Å². The van der Waals surface area contributed by atoms with E-state index in [-0.39, 0.29) is 25.8 Å². The van der Waals surface area contributed by atoms with Gasteiger partial charge in [-0.15, -0.1) is 0 Å². The Bertz CT molecular complexity index is 1640. The minimum atomic E-state index is -1.46. The average molecular weight is 708 g/mol. The first-order valence-corrected chi connectivity index (χ1v) is 18.1. The van der Waals surface area contributed by atoms with Gasteiger partial charge in [-0.3, -0.25) is 0 Å². The van der Waals surface area contributed by atoms with Crippen LogP contribution in [0.2, 0.25) is 0 Å². The summed E-state index contributed by atoms with van der Waals surface area (Å²) in [7, 11) is -2.84. The fourth-order valence-corrected chi connectivity index (χ4v) is 10.1. The maximum absolute atomic E-state index is 14.0. The van der Waals surface area contributed by atoms with Crippen molar-refractivity contribution in [2.45, 2.75) is 39.4 Å². The van der Waals surface area contributed by atoms with Crippen LogP contribution in [-0.4, -0.2) is 23.4 Å². The van der Waals surface area contributed by atoms with Crippen LogP contribution in [0.15, 0.2) is 147 Å². The van der Waals surface area contributed by atoms with Crippen molar-refractivity contribution in [2.75, 3.05) is 0 Å². The second-order valence-electron chi connectivity index (χ2n) is 9.70. The second kappa shape index (κ2) is 14.0. The average Bonchev–Trinajstić information content (AvgIpc) is 3.00. The summed E-state index contributed by atoms with van der Waals surface area (Å²) in [5, 5.41) is 0. The molecule has 0 fully saturated rings. The number of rotatable bonds is 10. The molecule has 0 saturated heterocycles. The molecule has 0 amide bonds. The third-order valence-electron chi connectivity index (χ3n) is 6.67. The van der Waals surface area contributed by atoms with Gasteiger partial charge in [0, 0.05) is 0 Å². The van der Waals surface area contributed by atoms with Crippen molar-refractivity contribution in [3.63, 3.8) is 0 Å². The van der Waals surface area contributed by atoms with Crippen LogP contribution in [0.25, 0.3) is 0 Å². The van der Waals surface area contributed by atoms with Gasteiger partial charge in [-0.25, -0.2) is 0 Å². The summed E-state index contributed by atoms with van der Waals surface area (Å²) < 4.78 is 33.5. The van der Waals surface area contributed by atoms with Crippen molar-refractivity contribution >= 4 is 57.1 Å². The van der Waals surface area contributed by atoms with Gasteiger partial charge in [-0.05, 0) is 0 Å². The summed E-state index contributed by atoms with van der Waals surface area (Å²) in [5.41, 5.74) is 4.26. The first-order chi connectivity index (χ1) is 19.9. The molecule has 3 nitrogen and oxygen atoms in total. The molecule has 0 aromatic heterocycles. The molecule has 0 saturated carbocycles. The fourth-order valence-electron chi connectivity index (χ4n) is 4.45. The molecule has 0 spiro atoms. The third-order valence-corrected chi connectivity index (χ3v) is 12.6. The molecule has 41 heavy (non-hydrogen) atoms. The zero-order chi connectivity index (χ0) is 28.8. The van der Waals surface area contributed by atoms with Crippen molar-refractivity contribution in [3.8, 4) is 0 Å². The quantitative estimate of drug-likeness (QED) is 0.154. The SMILES string of the molecule is Cc1ccc([S@](=O)c2ccccc2[C@H]([Se]c2ccccc2)[C@H](N[S@@](=O)c2ccc(C)cc2)c2ccc(Br)cc2)cc1. The molecule has 0 heterocycles. The van der Waals surface area contributed by atoms with Crippen LogP contribution in [0.5, 0.6) is 0 Å². The predicted octanol–water partition coefficient (Wildman–Crippen LogP) is 7.36. The molecule has 5 aromatic carbocycles. The standard InChI is InChI=1S/C34H30BrNO2S2Se/c1-24-12-20-28(21-13-24)39(37)32-11-7-6-10-31(32)34(41-30-8-4-3-5-9-30)33(26-16-18-27(35)19-17-26)36-40(38)29-22-14-25(2)15-23-29/h3-23,33-34,36H,1-2H3/t33-,34+,39+,40+/m1/s1. The van der Waals surface area contributed by atoms with Crippen LogP contribution < -0.4 is 9.18 Å². The summed E-state index contributed by atoms with van der Waals surface area (Å²) >= 11 is 3.48. The Morgan fingerprint density at radius 1 is 0.659 bits per heavy atom. The topological polar surface area (TPSA) is 46.2 Å². The Balaban J connectivity index is 1.64. The zero-order valence-corrected chi connectivity index (χ0v) is 27.6. The van der Waals surface area contributed by atoms with Crippen molar-refractivity contribution in [2.24, 2.45) is 0 Å². The molecule has 208 valence electrons. The number of hydrogen-bond acceptors (Lipinski definition) is 2. The summed E-state index contributed by atoms with van der Waals surface area (Å²) in [6.45, 7) is 4.05. The van der Waals surface area contributed by atoms with Crippen molar-refractivity contribution < 1.29 is 8.42 Å². The number of aryl methyl sites for hydroxylation is 2. The van der Waals surface area contributed by atoms with E-state index < -0.39 is 21.8 Å². The molecule has 0 aliphatic rings. The molecule has 1 N–H and O–H groups in total. The normalized spacial score (nSPS) is 14.2. The fraction of sp³-hybridized carbons (Fsp3) is 0.118. The van der Waals surface area contributed by atoms with Gasteiger partial charge in [0.2, 0.25) is 0 Å². The Morgan fingerprint density at radius 3 is 1.85 bits per heavy atom. The molecular formula is C34H30BrNO2S2Se. The van der Waals surface area contributed by atoms with Gasteiger partial charge in [-0.2, -0.15) is 0 Å². The van der Waals surface area contributed by atoms with E-state index in [1.54, 1.807) is 0 Å². The van der Waals surface area contributed by atoms with E-state index in [4.69, 9.17) is 0 Å². The Morgan fingerprint density at radius 2 is 1.22 bits per heavy atom. The van der Waals surface area contributed by atoms with E-state index in [9.17, 15) is 8.42 Å². The Kier molecular flexibility index (Phi) is 10.2. The summed E-state index contributed by atoms with van der Waals surface area (Å²) in [6.07, 6.45) is 0. The third kappa shape index (κ3) is 7.61. The summed E-state index contributed by atoms with van der Waals surface area (Å²) in [5.74, 6) is 0. The van der Waals surface area contributed by atoms with Crippen LogP contribution >= 0.6 is 15.9 Å². The Hall–Kier alpha value is -2.64. The van der Waals surface area contributed by atoms with Gasteiger partial charge >= 0.3 is 264 Å². The molecule has 0 unspecified atom stereocenters. The van der Waals surface area contributed by atoms with Crippen LogP contribution in [-0.2, 0) is 21.8 Å². The number of nitrogens with one attached hydrogen (secondary N) is 1. The first-order valence-electron chi connectivity index (χ1n) is 13.2. The zero-order valence-electron chi connectivity index (χ0n) is 22.7. The van der Waals surface area contributed by atoms with Gasteiger partial charge in [0.05, 0.1) is 0 Å². The van der Waals surface area contributed by atoms with E-state index in [0.29, 0.717) is 0 Å². The summed E-state index contributed by atoms with van der Waals surface area (Å²) in [4.78, 5) is 2.17. The van der Waals surface area contributed by atoms with Gasteiger partial charge in [0.1, 0.15) is 0 Å². The van der Waals surface area contributed by atoms with E-state index in [0.717, 1.165) is 41.4 Å². The van der Waals surface area contributed by atoms with E-state index in [2.05, 4.69) is 63.1 Å². The van der Waals surface area contributed by atoms with Crippen LogP contribution in [0.4, 0.5) is 0 Å². The number of halogens is 1. The summed E-state index contributed by atoms with van der Waals surface area (Å²) in [6, 6.07) is 41.9. The second-order valence-corrected chi connectivity index (χ2v) is 15.9. The van der Waals surface area contributed by atoms with Crippen LogP contribution in [0.1, 0.15) is 33.1 Å². The van der Waals surface area contributed by atoms with Crippen LogP contribution in [0.3, 0.4) is 0 Å². The van der Waals surface area contributed by atoms with Crippen LogP contribution in [0, 0.1) is 13.8 Å². The molecule has 0 radical (unpaired) electrons. The molecule has 4 atom stereocenters.